The molecule has 0 saturated heterocycles. The second-order valence-corrected chi connectivity index (χ2v) is 10.1. The van der Waals surface area contributed by atoms with Crippen LogP contribution in [-0.2, 0) is 0 Å². The molecule has 0 aliphatic carbocycles. The molecule has 0 amide bonds. The highest BCUT2D eigenvalue weighted by atomic mass is 16.3. The normalized spacial score (nSPS) is 11.2. The Hall–Kier alpha value is -4.69. The molecule has 6 aromatic carbocycles. The molecule has 2 heteroatoms. The molecule has 0 aliphatic heterocycles. The van der Waals surface area contributed by atoms with E-state index < -0.39 is 0 Å². The van der Waals surface area contributed by atoms with E-state index in [1.807, 2.05) is 54.6 Å². The van der Waals surface area contributed by atoms with Crippen LogP contribution < -0.4 is 0 Å². The van der Waals surface area contributed by atoms with E-state index in [1.54, 1.807) is 0 Å². The highest BCUT2D eigenvalue weighted by molar-refractivity contribution is 6.13. The van der Waals surface area contributed by atoms with Crippen molar-refractivity contribution in [2.75, 3.05) is 0 Å². The van der Waals surface area contributed by atoms with Crippen LogP contribution in [0.15, 0.2) is 121 Å². The number of fused-ring (bicyclic) bond motifs is 2. The van der Waals surface area contributed by atoms with E-state index in [0.717, 1.165) is 62.2 Å². The van der Waals surface area contributed by atoms with Crippen LogP contribution in [0.3, 0.4) is 0 Å². The lowest BCUT2D eigenvalue weighted by Gasteiger charge is -2.17. The van der Waals surface area contributed by atoms with Crippen LogP contribution in [0.5, 0.6) is 5.75 Å². The zero-order valence-corrected chi connectivity index (χ0v) is 22.0. The number of phenolic OH excluding ortho intramolecular Hbond substituents is 1. The van der Waals surface area contributed by atoms with Crippen molar-refractivity contribution in [1.29, 1.82) is 0 Å². The number of rotatable bonds is 7. The highest BCUT2D eigenvalue weighted by Crippen LogP contribution is 2.44. The number of hydrogen-bond acceptors (Lipinski definition) is 2. The van der Waals surface area contributed by atoms with Crippen LogP contribution in [0.2, 0.25) is 0 Å². The quantitative estimate of drug-likeness (QED) is 0.219. The highest BCUT2D eigenvalue weighted by Gasteiger charge is 2.21. The van der Waals surface area contributed by atoms with Crippen LogP contribution in [0.1, 0.15) is 36.5 Å². The Morgan fingerprint density at radius 2 is 1.23 bits per heavy atom. The minimum absolute atomic E-state index is 0.0192. The maximum Gasteiger partial charge on any atom is 0.166 e. The fraction of sp³-hybridized carbons (Fsp3) is 0.108. The fourth-order valence-corrected chi connectivity index (χ4v) is 5.48. The maximum absolute atomic E-state index is 13.3. The van der Waals surface area contributed by atoms with Crippen LogP contribution >= 0.6 is 0 Å². The average molecular weight is 507 g/mol. The van der Waals surface area contributed by atoms with Crippen molar-refractivity contribution in [3.63, 3.8) is 0 Å². The SMILES string of the molecule is CCCCC(=O)c1cc2cc(-c3ccccc3)ccc2c(-c2cccc3cc(-c4ccccc4)ccc23)c1O. The molecule has 0 bridgehead atoms. The molecule has 39 heavy (non-hydrogen) atoms. The summed E-state index contributed by atoms with van der Waals surface area (Å²) < 4.78 is 0. The zero-order chi connectivity index (χ0) is 26.8. The monoisotopic (exact) mass is 506 g/mol. The van der Waals surface area contributed by atoms with Crippen molar-refractivity contribution in [3.8, 4) is 39.1 Å². The number of carbonyl (C=O) groups is 1. The number of Topliss-reactive ketones (excluding diaryl/α,β-unsaturated/α-hetero) is 1. The van der Waals surface area contributed by atoms with Gasteiger partial charge in [0.2, 0.25) is 0 Å². The Labute approximate surface area is 229 Å². The van der Waals surface area contributed by atoms with Crippen molar-refractivity contribution < 1.29 is 9.90 Å². The van der Waals surface area contributed by atoms with Gasteiger partial charge in [-0.05, 0) is 74.0 Å². The lowest BCUT2D eigenvalue weighted by molar-refractivity contribution is 0.0977. The van der Waals surface area contributed by atoms with Gasteiger partial charge in [0.25, 0.3) is 0 Å². The molecule has 0 heterocycles. The average Bonchev–Trinajstić information content (AvgIpc) is 3.00. The number of carbonyl (C=O) groups excluding carboxylic acids is 1. The number of ketones is 1. The summed E-state index contributed by atoms with van der Waals surface area (Å²) in [7, 11) is 0. The summed E-state index contributed by atoms with van der Waals surface area (Å²) in [6.07, 6.45) is 2.15. The first-order valence-electron chi connectivity index (χ1n) is 13.6. The number of aromatic hydroxyl groups is 1. The van der Waals surface area contributed by atoms with Gasteiger partial charge in [-0.3, -0.25) is 4.79 Å². The Kier molecular flexibility index (Phi) is 6.69. The number of hydrogen-bond donors (Lipinski definition) is 1. The summed E-state index contributed by atoms with van der Waals surface area (Å²) in [6, 6.07) is 41.4. The van der Waals surface area contributed by atoms with Gasteiger partial charge in [0.1, 0.15) is 5.75 Å². The van der Waals surface area contributed by atoms with Gasteiger partial charge in [0, 0.05) is 12.0 Å². The Morgan fingerprint density at radius 3 is 1.87 bits per heavy atom. The Bertz CT molecular complexity index is 1800. The lowest BCUT2D eigenvalue weighted by Crippen LogP contribution is -2.01. The van der Waals surface area contributed by atoms with E-state index in [-0.39, 0.29) is 11.5 Å². The van der Waals surface area contributed by atoms with E-state index in [1.165, 1.54) is 0 Å². The molecule has 6 rings (SSSR count). The van der Waals surface area contributed by atoms with Crippen molar-refractivity contribution in [3.05, 3.63) is 127 Å². The van der Waals surface area contributed by atoms with E-state index in [4.69, 9.17) is 0 Å². The molecule has 0 saturated carbocycles. The van der Waals surface area contributed by atoms with E-state index in [9.17, 15) is 9.90 Å². The molecule has 0 fully saturated rings. The van der Waals surface area contributed by atoms with Gasteiger partial charge in [-0.25, -0.2) is 0 Å². The molecule has 0 radical (unpaired) electrons. The molecule has 0 spiro atoms. The first-order valence-corrected chi connectivity index (χ1v) is 13.6. The van der Waals surface area contributed by atoms with Crippen LogP contribution in [0, 0.1) is 0 Å². The summed E-state index contributed by atoms with van der Waals surface area (Å²) in [5, 5.41) is 15.7. The van der Waals surface area contributed by atoms with Crippen molar-refractivity contribution in [2.45, 2.75) is 26.2 Å². The van der Waals surface area contributed by atoms with Crippen molar-refractivity contribution in [2.24, 2.45) is 0 Å². The summed E-state index contributed by atoms with van der Waals surface area (Å²) in [5.74, 6) is 0.0462. The van der Waals surface area contributed by atoms with Gasteiger partial charge in [0.15, 0.2) is 5.78 Å². The minimum Gasteiger partial charge on any atom is -0.507 e. The molecular formula is C37H30O2. The first kappa shape index (κ1) is 24.6. The molecule has 0 aliphatic rings. The predicted octanol–water partition coefficient (Wildman–Crippen LogP) is 10.1. The largest absolute Gasteiger partial charge is 0.507 e. The summed E-state index contributed by atoms with van der Waals surface area (Å²) in [6.45, 7) is 2.07. The van der Waals surface area contributed by atoms with Gasteiger partial charge in [-0.2, -0.15) is 0 Å². The van der Waals surface area contributed by atoms with E-state index in [2.05, 4.69) is 73.7 Å². The fourth-order valence-electron chi connectivity index (χ4n) is 5.48. The minimum atomic E-state index is -0.0192. The lowest BCUT2D eigenvalue weighted by atomic mass is 9.88. The molecule has 6 aromatic rings. The first-order chi connectivity index (χ1) is 19.1. The van der Waals surface area contributed by atoms with Crippen LogP contribution in [0.4, 0.5) is 0 Å². The number of benzene rings is 6. The summed E-state index contributed by atoms with van der Waals surface area (Å²) in [4.78, 5) is 13.3. The van der Waals surface area contributed by atoms with Crippen molar-refractivity contribution >= 4 is 27.3 Å². The molecular weight excluding hydrogens is 476 g/mol. The molecule has 0 aromatic heterocycles. The Balaban J connectivity index is 1.59. The number of phenols is 1. The summed E-state index contributed by atoms with van der Waals surface area (Å²) >= 11 is 0. The predicted molar refractivity (Wildman–Crippen MR) is 163 cm³/mol. The molecule has 190 valence electrons. The third-order valence-electron chi connectivity index (χ3n) is 7.53. The van der Waals surface area contributed by atoms with Gasteiger partial charge in [-0.15, -0.1) is 0 Å². The van der Waals surface area contributed by atoms with Gasteiger partial charge in [-0.1, -0.05) is 116 Å². The molecule has 1 N–H and O–H groups in total. The second kappa shape index (κ2) is 10.6. The standard InChI is InChI=1S/C37H30O2/c1-2-3-17-35(38)34-24-30-23-28(26-13-8-5-9-14-26)19-21-32(30)36(37(34)39)33-16-10-15-29-22-27(18-20-31(29)33)25-11-6-4-7-12-25/h4-16,18-24,39H,2-3,17H2,1H3. The van der Waals surface area contributed by atoms with E-state index >= 15 is 0 Å². The third-order valence-corrected chi connectivity index (χ3v) is 7.53. The second-order valence-electron chi connectivity index (χ2n) is 10.1. The third kappa shape index (κ3) is 4.70. The van der Waals surface area contributed by atoms with Crippen LogP contribution in [-0.4, -0.2) is 10.9 Å². The van der Waals surface area contributed by atoms with Gasteiger partial charge < -0.3 is 5.11 Å². The summed E-state index contributed by atoms with van der Waals surface area (Å²) in [5.41, 5.74) is 6.54. The molecule has 0 atom stereocenters. The van der Waals surface area contributed by atoms with Crippen molar-refractivity contribution in [1.82, 2.24) is 0 Å². The molecule has 2 nitrogen and oxygen atoms in total. The smallest absolute Gasteiger partial charge is 0.166 e. The van der Waals surface area contributed by atoms with Crippen LogP contribution in [0.25, 0.3) is 54.9 Å². The Morgan fingerprint density at radius 1 is 0.615 bits per heavy atom. The van der Waals surface area contributed by atoms with Gasteiger partial charge in [0.05, 0.1) is 5.56 Å². The molecule has 0 unspecified atom stereocenters. The van der Waals surface area contributed by atoms with Gasteiger partial charge >= 0.3 is 0 Å². The number of unbranched alkanes of at least 4 members (excludes halogenated alkanes) is 1. The zero-order valence-electron chi connectivity index (χ0n) is 22.0. The topological polar surface area (TPSA) is 37.3 Å². The maximum atomic E-state index is 13.3. The van der Waals surface area contributed by atoms with E-state index in [0.29, 0.717) is 17.5 Å².